The molecular formula is C33H50N4O7. The van der Waals surface area contributed by atoms with Crippen LogP contribution < -0.4 is 19.9 Å². The maximum atomic E-state index is 14.4. The SMILES string of the molecule is CCC(C)NC(=O)[C@H]1CC(C(=O)N(c2ccc3c(c2)N(CCCOC)C(=O)C(C)(C)O3)C2CC2)CN(C(=O)OC(C)(C)C)C1. The fraction of sp³-hybridized carbons (Fsp3) is 0.697. The third kappa shape index (κ3) is 7.83. The van der Waals surface area contributed by atoms with Gasteiger partial charge in [-0.15, -0.1) is 0 Å². The van der Waals surface area contributed by atoms with Crippen molar-refractivity contribution < 1.29 is 33.4 Å². The Hall–Kier alpha value is -3.34. The van der Waals surface area contributed by atoms with Crippen molar-refractivity contribution in [2.24, 2.45) is 11.8 Å². The lowest BCUT2D eigenvalue weighted by Crippen LogP contribution is -2.54. The van der Waals surface area contributed by atoms with Crippen molar-refractivity contribution in [1.29, 1.82) is 0 Å². The van der Waals surface area contributed by atoms with Gasteiger partial charge < -0.3 is 34.2 Å². The average molecular weight is 615 g/mol. The normalized spacial score (nSPS) is 22.0. The van der Waals surface area contributed by atoms with E-state index in [1.807, 2.05) is 32.0 Å². The number of amides is 4. The van der Waals surface area contributed by atoms with E-state index in [1.165, 1.54) is 4.90 Å². The van der Waals surface area contributed by atoms with Crippen LogP contribution in [0.25, 0.3) is 0 Å². The number of nitrogens with zero attached hydrogens (tertiary/aromatic N) is 3. The first-order valence-corrected chi connectivity index (χ1v) is 15.9. The number of likely N-dealkylation sites (tertiary alicyclic amines) is 1. The van der Waals surface area contributed by atoms with Crippen molar-refractivity contribution in [2.45, 2.75) is 104 Å². The zero-order chi connectivity index (χ0) is 32.4. The molecule has 11 heteroatoms. The number of fused-ring (bicyclic) bond motifs is 1. The summed E-state index contributed by atoms with van der Waals surface area (Å²) in [4.78, 5) is 59.3. The minimum absolute atomic E-state index is 0.00318. The van der Waals surface area contributed by atoms with Crippen LogP contribution in [-0.2, 0) is 23.9 Å². The Balaban J connectivity index is 1.64. The zero-order valence-electron chi connectivity index (χ0n) is 27.6. The Kier molecular flexibility index (Phi) is 10.2. The van der Waals surface area contributed by atoms with Gasteiger partial charge in [0, 0.05) is 51.1 Å². The predicted octanol–water partition coefficient (Wildman–Crippen LogP) is 4.51. The summed E-state index contributed by atoms with van der Waals surface area (Å²) in [7, 11) is 1.63. The van der Waals surface area contributed by atoms with Gasteiger partial charge in [0.25, 0.3) is 5.91 Å². The summed E-state index contributed by atoms with van der Waals surface area (Å²) in [5.41, 5.74) is -0.453. The molecule has 1 saturated heterocycles. The molecule has 1 N–H and O–H groups in total. The third-order valence-electron chi connectivity index (χ3n) is 8.34. The molecular weight excluding hydrogens is 564 g/mol. The molecule has 3 atom stereocenters. The summed E-state index contributed by atoms with van der Waals surface area (Å²) in [6, 6.07) is 5.52. The summed E-state index contributed by atoms with van der Waals surface area (Å²) in [5.74, 6) is -1.03. The van der Waals surface area contributed by atoms with Crippen molar-refractivity contribution in [2.75, 3.05) is 43.2 Å². The van der Waals surface area contributed by atoms with Gasteiger partial charge in [0.15, 0.2) is 5.60 Å². The Bertz CT molecular complexity index is 1240. The fourth-order valence-electron chi connectivity index (χ4n) is 5.75. The van der Waals surface area contributed by atoms with Crippen LogP contribution in [0, 0.1) is 11.8 Å². The highest BCUT2D eigenvalue weighted by Crippen LogP contribution is 2.43. The summed E-state index contributed by atoms with van der Waals surface area (Å²) in [6.07, 6.45) is 2.92. The fourth-order valence-corrected chi connectivity index (χ4v) is 5.75. The monoisotopic (exact) mass is 614 g/mol. The average Bonchev–Trinajstić information content (AvgIpc) is 3.79. The van der Waals surface area contributed by atoms with Crippen molar-refractivity contribution >= 4 is 35.2 Å². The molecule has 2 unspecified atom stereocenters. The summed E-state index contributed by atoms with van der Waals surface area (Å²) in [5, 5.41) is 3.03. The molecule has 244 valence electrons. The van der Waals surface area contributed by atoms with Crippen LogP contribution in [0.15, 0.2) is 18.2 Å². The highest BCUT2D eigenvalue weighted by molar-refractivity contribution is 6.04. The van der Waals surface area contributed by atoms with Crippen LogP contribution in [0.3, 0.4) is 0 Å². The van der Waals surface area contributed by atoms with Gasteiger partial charge in [-0.2, -0.15) is 0 Å². The second-order valence-corrected chi connectivity index (χ2v) is 13.8. The molecule has 1 aliphatic carbocycles. The smallest absolute Gasteiger partial charge is 0.410 e. The number of ether oxygens (including phenoxy) is 3. The quantitative estimate of drug-likeness (QED) is 0.386. The Morgan fingerprint density at radius 2 is 1.84 bits per heavy atom. The van der Waals surface area contributed by atoms with Crippen LogP contribution in [0.4, 0.5) is 16.2 Å². The van der Waals surface area contributed by atoms with Crippen molar-refractivity contribution in [3.63, 3.8) is 0 Å². The molecule has 4 rings (SSSR count). The van der Waals surface area contributed by atoms with Crippen LogP contribution in [0.2, 0.25) is 0 Å². The summed E-state index contributed by atoms with van der Waals surface area (Å²) < 4.78 is 17.0. The lowest BCUT2D eigenvalue weighted by Gasteiger charge is -2.40. The van der Waals surface area contributed by atoms with Crippen LogP contribution in [-0.4, -0.2) is 85.4 Å². The van der Waals surface area contributed by atoms with E-state index in [0.717, 1.165) is 19.3 Å². The number of carbonyl (C=O) groups excluding carboxylic acids is 4. The van der Waals surface area contributed by atoms with Crippen molar-refractivity contribution in [1.82, 2.24) is 10.2 Å². The Morgan fingerprint density at radius 3 is 2.45 bits per heavy atom. The zero-order valence-corrected chi connectivity index (χ0v) is 27.6. The van der Waals surface area contributed by atoms with Gasteiger partial charge in [0.05, 0.1) is 17.5 Å². The standard InChI is InChI=1S/C33H50N4O7/c1-9-21(2)34-28(38)22-17-23(20-35(19-22)31(41)44-32(3,4)5)29(39)37(24-11-12-24)25-13-14-27-26(18-25)36(15-10-16-42-8)30(40)33(6,7)43-27/h13-14,18,21-24H,9-12,15-17,19-20H2,1-8H3,(H,34,38)/t21?,22-,23?/m0/s1. The maximum Gasteiger partial charge on any atom is 0.410 e. The molecule has 2 aliphatic heterocycles. The predicted molar refractivity (Wildman–Crippen MR) is 168 cm³/mol. The molecule has 11 nitrogen and oxygen atoms in total. The third-order valence-corrected chi connectivity index (χ3v) is 8.34. The lowest BCUT2D eigenvalue weighted by molar-refractivity contribution is -0.133. The van der Waals surface area contributed by atoms with Gasteiger partial charge in [-0.05, 0) is 91.8 Å². The molecule has 1 aromatic carbocycles. The number of nitrogens with one attached hydrogen (secondary N) is 1. The Labute approximate surface area is 261 Å². The highest BCUT2D eigenvalue weighted by atomic mass is 16.6. The number of hydrogen-bond acceptors (Lipinski definition) is 7. The van der Waals surface area contributed by atoms with Crippen molar-refractivity contribution in [3.8, 4) is 5.75 Å². The molecule has 1 aromatic rings. The first-order chi connectivity index (χ1) is 20.6. The lowest BCUT2D eigenvalue weighted by atomic mass is 9.87. The summed E-state index contributed by atoms with van der Waals surface area (Å²) >= 11 is 0. The van der Waals surface area contributed by atoms with Gasteiger partial charge >= 0.3 is 6.09 Å². The van der Waals surface area contributed by atoms with Gasteiger partial charge in [-0.1, -0.05) is 6.92 Å². The van der Waals surface area contributed by atoms with E-state index in [4.69, 9.17) is 14.2 Å². The molecule has 0 aromatic heterocycles. The van der Waals surface area contributed by atoms with Crippen LogP contribution in [0.5, 0.6) is 5.75 Å². The molecule has 0 radical (unpaired) electrons. The van der Waals surface area contributed by atoms with Crippen LogP contribution >= 0.6 is 0 Å². The van der Waals surface area contributed by atoms with Gasteiger partial charge in [-0.25, -0.2) is 4.79 Å². The first-order valence-electron chi connectivity index (χ1n) is 15.9. The van der Waals surface area contributed by atoms with E-state index in [-0.39, 0.29) is 42.9 Å². The van der Waals surface area contributed by atoms with Crippen molar-refractivity contribution in [3.05, 3.63) is 18.2 Å². The minimum Gasteiger partial charge on any atom is -0.476 e. The topological polar surface area (TPSA) is 118 Å². The largest absolute Gasteiger partial charge is 0.476 e. The molecule has 4 amide bonds. The highest BCUT2D eigenvalue weighted by Gasteiger charge is 2.45. The van der Waals surface area contributed by atoms with E-state index in [9.17, 15) is 19.2 Å². The number of methoxy groups -OCH3 is 1. The van der Waals surface area contributed by atoms with E-state index in [1.54, 1.807) is 51.5 Å². The number of carbonyl (C=O) groups is 4. The minimum atomic E-state index is -1.02. The summed E-state index contributed by atoms with van der Waals surface area (Å²) in [6.45, 7) is 14.1. The maximum absolute atomic E-state index is 14.4. The Morgan fingerprint density at radius 1 is 1.16 bits per heavy atom. The van der Waals surface area contributed by atoms with Gasteiger partial charge in [0.2, 0.25) is 11.8 Å². The molecule has 0 spiro atoms. The van der Waals surface area contributed by atoms with Crippen LogP contribution in [0.1, 0.15) is 80.6 Å². The molecule has 1 saturated carbocycles. The molecule has 44 heavy (non-hydrogen) atoms. The second-order valence-electron chi connectivity index (χ2n) is 13.8. The van der Waals surface area contributed by atoms with Gasteiger partial charge in [-0.3, -0.25) is 14.4 Å². The number of anilines is 2. The molecule has 2 heterocycles. The van der Waals surface area contributed by atoms with E-state index in [0.29, 0.717) is 43.1 Å². The molecule has 2 fully saturated rings. The van der Waals surface area contributed by atoms with E-state index >= 15 is 0 Å². The molecule has 0 bridgehead atoms. The first kappa shape index (κ1) is 33.6. The van der Waals surface area contributed by atoms with E-state index in [2.05, 4.69) is 5.32 Å². The number of rotatable bonds is 10. The van der Waals surface area contributed by atoms with E-state index < -0.39 is 29.1 Å². The van der Waals surface area contributed by atoms with Gasteiger partial charge in [0.1, 0.15) is 11.4 Å². The molecule has 3 aliphatic rings. The number of hydrogen-bond donors (Lipinski definition) is 1. The second kappa shape index (κ2) is 13.3. The number of piperidine rings is 1. The number of benzene rings is 1.